The van der Waals surface area contributed by atoms with Crippen molar-refractivity contribution < 1.29 is 22.6 Å². The second kappa shape index (κ2) is 10.8. The predicted octanol–water partition coefficient (Wildman–Crippen LogP) is 1.98. The molecule has 36 heavy (non-hydrogen) atoms. The van der Waals surface area contributed by atoms with Crippen LogP contribution < -0.4 is 19.5 Å². The highest BCUT2D eigenvalue weighted by molar-refractivity contribution is 7.93. The van der Waals surface area contributed by atoms with E-state index in [0.717, 1.165) is 5.56 Å². The lowest BCUT2D eigenvalue weighted by Gasteiger charge is -2.25. The Bertz CT molecular complexity index is 1270. The summed E-state index contributed by atoms with van der Waals surface area (Å²) in [4.78, 5) is 8.61. The highest BCUT2D eigenvalue weighted by Crippen LogP contribution is 2.37. The molecule has 0 unspecified atom stereocenters. The van der Waals surface area contributed by atoms with Gasteiger partial charge in [0.25, 0.3) is 0 Å². The van der Waals surface area contributed by atoms with E-state index in [4.69, 9.17) is 14.2 Å². The van der Waals surface area contributed by atoms with Crippen LogP contribution in [0.5, 0.6) is 11.5 Å². The zero-order valence-corrected chi connectivity index (χ0v) is 21.7. The van der Waals surface area contributed by atoms with E-state index in [1.807, 2.05) is 6.92 Å². The predicted molar refractivity (Wildman–Crippen MR) is 133 cm³/mol. The lowest BCUT2D eigenvalue weighted by molar-refractivity contribution is 0.0736. The number of sulfonamides is 1. The van der Waals surface area contributed by atoms with Crippen LogP contribution in [0.25, 0.3) is 5.69 Å². The minimum atomic E-state index is -3.94. The van der Waals surface area contributed by atoms with Crippen LogP contribution in [-0.4, -0.2) is 72.4 Å². The Kier molecular flexibility index (Phi) is 7.71. The van der Waals surface area contributed by atoms with E-state index in [9.17, 15) is 8.42 Å². The van der Waals surface area contributed by atoms with Crippen molar-refractivity contribution in [1.82, 2.24) is 30.0 Å². The zero-order valence-electron chi connectivity index (χ0n) is 20.9. The van der Waals surface area contributed by atoms with Gasteiger partial charge in [-0.05, 0) is 31.5 Å². The molecular formula is C23H31N7O5S. The quantitative estimate of drug-likeness (QED) is 0.432. The summed E-state index contributed by atoms with van der Waals surface area (Å²) in [7, 11) is -0.890. The Hall–Kier alpha value is -3.29. The van der Waals surface area contributed by atoms with E-state index < -0.39 is 21.2 Å². The van der Waals surface area contributed by atoms with Crippen LogP contribution >= 0.6 is 0 Å². The number of para-hydroxylation sites is 1. The monoisotopic (exact) mass is 517 g/mol. The van der Waals surface area contributed by atoms with Crippen molar-refractivity contribution in [2.45, 2.75) is 38.0 Å². The smallest absolute Gasteiger partial charge is 0.243 e. The van der Waals surface area contributed by atoms with Gasteiger partial charge >= 0.3 is 0 Å². The summed E-state index contributed by atoms with van der Waals surface area (Å²) in [5.74, 6) is 1.34. The second-order valence-corrected chi connectivity index (χ2v) is 10.6. The molecule has 194 valence electrons. The highest BCUT2D eigenvalue weighted by atomic mass is 32.2. The van der Waals surface area contributed by atoms with Crippen molar-refractivity contribution in [2.24, 2.45) is 0 Å². The average molecular weight is 518 g/mol. The fraction of sp³-hybridized carbons (Fsp3) is 0.478. The van der Waals surface area contributed by atoms with E-state index in [1.54, 1.807) is 49.0 Å². The van der Waals surface area contributed by atoms with Crippen LogP contribution in [0.3, 0.4) is 0 Å². The third-order valence-electron chi connectivity index (χ3n) is 6.18. The Morgan fingerprint density at radius 2 is 1.81 bits per heavy atom. The Morgan fingerprint density at radius 1 is 1.14 bits per heavy atom. The maximum absolute atomic E-state index is 13.5. The molecule has 13 heteroatoms. The fourth-order valence-electron chi connectivity index (χ4n) is 3.93. The van der Waals surface area contributed by atoms with E-state index >= 15 is 0 Å². The largest absolute Gasteiger partial charge is 0.494 e. The third-order valence-corrected chi connectivity index (χ3v) is 8.04. The van der Waals surface area contributed by atoms with E-state index in [-0.39, 0.29) is 12.0 Å². The summed E-state index contributed by atoms with van der Waals surface area (Å²) in [5.41, 5.74) is 1.36. The molecule has 0 bridgehead atoms. The van der Waals surface area contributed by atoms with E-state index in [1.165, 1.54) is 14.2 Å². The van der Waals surface area contributed by atoms with Gasteiger partial charge in [0.15, 0.2) is 5.82 Å². The average Bonchev–Trinajstić information content (AvgIpc) is 3.30. The molecule has 0 amide bonds. The summed E-state index contributed by atoms with van der Waals surface area (Å²) in [5, 5.41) is 11.0. The summed E-state index contributed by atoms with van der Waals surface area (Å²) >= 11 is 0. The molecule has 1 aliphatic heterocycles. The van der Waals surface area contributed by atoms with Gasteiger partial charge in [-0.3, -0.25) is 9.29 Å². The number of nitrogens with zero attached hydrogens (tertiary/aromatic N) is 5. The molecule has 1 aliphatic rings. The number of ether oxygens (including phenoxy) is 3. The number of rotatable bonds is 9. The standard InChI is InChI=1S/C23H31N7O5S/c1-14-11-25-21(26-12-14)15(2)16(3)36(31,32)29-23-28-27-22(17-13-35-10-9-24-17)30(23)20-18(33-4)7-6-8-19(20)34-5/h6-8,11-12,15-17,24H,9-10,13H2,1-5H3,(H,28,29)/t15-,16-,17+/m0/s1. The number of anilines is 1. The number of aromatic nitrogens is 5. The van der Waals surface area contributed by atoms with Gasteiger partial charge in [0.2, 0.25) is 16.0 Å². The Morgan fingerprint density at radius 3 is 2.39 bits per heavy atom. The van der Waals surface area contributed by atoms with Crippen molar-refractivity contribution in [2.75, 3.05) is 38.7 Å². The maximum atomic E-state index is 13.5. The van der Waals surface area contributed by atoms with Gasteiger partial charge in [-0.1, -0.05) is 13.0 Å². The lowest BCUT2D eigenvalue weighted by Crippen LogP contribution is -2.36. The molecular weight excluding hydrogens is 486 g/mol. The molecule has 2 N–H and O–H groups in total. The van der Waals surface area contributed by atoms with Crippen LogP contribution in [-0.2, 0) is 14.8 Å². The van der Waals surface area contributed by atoms with Crippen LogP contribution in [0.2, 0.25) is 0 Å². The number of aryl methyl sites for hydroxylation is 1. The van der Waals surface area contributed by atoms with Gasteiger partial charge in [0.05, 0.1) is 38.7 Å². The fourth-order valence-corrected chi connectivity index (χ4v) is 5.16. The first-order chi connectivity index (χ1) is 17.3. The summed E-state index contributed by atoms with van der Waals surface area (Å²) in [6, 6.07) is 4.97. The minimum Gasteiger partial charge on any atom is -0.494 e. The van der Waals surface area contributed by atoms with Crippen LogP contribution in [0.4, 0.5) is 5.95 Å². The van der Waals surface area contributed by atoms with Crippen molar-refractivity contribution in [3.8, 4) is 17.2 Å². The van der Waals surface area contributed by atoms with Gasteiger partial charge in [0.1, 0.15) is 23.0 Å². The van der Waals surface area contributed by atoms with Crippen molar-refractivity contribution in [3.63, 3.8) is 0 Å². The van der Waals surface area contributed by atoms with E-state index in [0.29, 0.717) is 48.6 Å². The molecule has 3 aromatic rings. The highest BCUT2D eigenvalue weighted by Gasteiger charge is 2.33. The molecule has 4 rings (SSSR count). The zero-order chi connectivity index (χ0) is 25.9. The second-order valence-electron chi connectivity index (χ2n) is 8.57. The SMILES string of the molecule is COc1cccc(OC)c1-n1c(NS(=O)(=O)[C@@H](C)[C@H](C)c2ncc(C)cn2)nnc1[C@H]1COCCN1. The number of hydrogen-bond donors (Lipinski definition) is 2. The molecule has 0 saturated carbocycles. The Labute approximate surface area is 210 Å². The van der Waals surface area contributed by atoms with Crippen molar-refractivity contribution >= 4 is 16.0 Å². The van der Waals surface area contributed by atoms with Gasteiger partial charge in [-0.25, -0.2) is 18.4 Å². The third kappa shape index (κ3) is 5.13. The molecule has 3 atom stereocenters. The van der Waals surface area contributed by atoms with Crippen LogP contribution in [0, 0.1) is 6.92 Å². The number of nitrogens with one attached hydrogen (secondary N) is 2. The van der Waals surface area contributed by atoms with Gasteiger partial charge in [-0.2, -0.15) is 0 Å². The summed E-state index contributed by atoms with van der Waals surface area (Å²) in [6.07, 6.45) is 3.34. The number of methoxy groups -OCH3 is 2. The number of benzene rings is 1. The number of morpholine rings is 1. The first kappa shape index (κ1) is 25.8. The number of hydrogen-bond acceptors (Lipinski definition) is 10. The molecule has 0 radical (unpaired) electrons. The van der Waals surface area contributed by atoms with Gasteiger partial charge in [-0.15, -0.1) is 10.2 Å². The lowest BCUT2D eigenvalue weighted by atomic mass is 10.1. The molecule has 0 aliphatic carbocycles. The molecule has 2 aromatic heterocycles. The van der Waals surface area contributed by atoms with Crippen molar-refractivity contribution in [3.05, 3.63) is 47.8 Å². The first-order valence-corrected chi connectivity index (χ1v) is 13.1. The molecule has 3 heterocycles. The maximum Gasteiger partial charge on any atom is 0.243 e. The van der Waals surface area contributed by atoms with Gasteiger partial charge in [0, 0.05) is 24.9 Å². The first-order valence-electron chi connectivity index (χ1n) is 11.5. The van der Waals surface area contributed by atoms with Crippen LogP contribution in [0.15, 0.2) is 30.6 Å². The summed E-state index contributed by atoms with van der Waals surface area (Å²) < 4.78 is 48.1. The normalized spacial score (nSPS) is 17.9. The molecule has 1 aromatic carbocycles. The van der Waals surface area contributed by atoms with Crippen molar-refractivity contribution in [1.29, 1.82) is 0 Å². The molecule has 1 saturated heterocycles. The molecule has 0 spiro atoms. The molecule has 1 fully saturated rings. The minimum absolute atomic E-state index is 0.00375. The van der Waals surface area contributed by atoms with Crippen LogP contribution in [0.1, 0.15) is 43.0 Å². The van der Waals surface area contributed by atoms with E-state index in [2.05, 4.69) is 30.2 Å². The summed E-state index contributed by atoms with van der Waals surface area (Å²) in [6.45, 7) is 6.79. The molecule has 12 nitrogen and oxygen atoms in total. The Balaban J connectivity index is 1.77. The topological polar surface area (TPSA) is 142 Å². The van der Waals surface area contributed by atoms with Gasteiger partial charge < -0.3 is 19.5 Å².